The lowest BCUT2D eigenvalue weighted by Gasteiger charge is -2.24. The molecular formula is C50H87NO5. The third kappa shape index (κ3) is 38.2. The molecule has 3 N–H and O–H groups in total. The van der Waals surface area contributed by atoms with Crippen LogP contribution in [0, 0.1) is 0 Å². The number of carbonyl (C=O) groups is 2. The van der Waals surface area contributed by atoms with Crippen molar-refractivity contribution in [1.29, 1.82) is 0 Å². The minimum Gasteiger partial charge on any atom is -0.462 e. The van der Waals surface area contributed by atoms with E-state index in [1.165, 1.54) is 89.9 Å². The van der Waals surface area contributed by atoms with E-state index in [-0.39, 0.29) is 24.9 Å². The average molecular weight is 782 g/mol. The third-order valence-electron chi connectivity index (χ3n) is 10.1. The second-order valence-electron chi connectivity index (χ2n) is 15.5. The van der Waals surface area contributed by atoms with Crippen molar-refractivity contribution < 1.29 is 24.5 Å². The van der Waals surface area contributed by atoms with Crippen LogP contribution in [0.1, 0.15) is 207 Å². The molecule has 0 spiro atoms. The maximum Gasteiger partial charge on any atom is 0.306 e. The average Bonchev–Trinajstić information content (AvgIpc) is 3.19. The molecular weight excluding hydrogens is 695 g/mol. The Kier molecular flexibility index (Phi) is 41.3. The normalized spacial score (nSPS) is 14.0. The summed E-state index contributed by atoms with van der Waals surface area (Å²) in [7, 11) is 0. The zero-order valence-electron chi connectivity index (χ0n) is 36.5. The first-order valence-electron chi connectivity index (χ1n) is 23.2. The molecule has 322 valence electrons. The van der Waals surface area contributed by atoms with Gasteiger partial charge in [-0.2, -0.15) is 0 Å². The number of ether oxygens (including phenoxy) is 1. The van der Waals surface area contributed by atoms with Gasteiger partial charge in [-0.05, 0) is 64.2 Å². The summed E-state index contributed by atoms with van der Waals surface area (Å²) < 4.78 is 5.85. The van der Waals surface area contributed by atoms with Crippen LogP contribution in [0.3, 0.4) is 0 Å². The fourth-order valence-electron chi connectivity index (χ4n) is 6.63. The lowest BCUT2D eigenvalue weighted by Crippen LogP contribution is -2.46. The quantitative estimate of drug-likeness (QED) is 0.0249. The summed E-state index contributed by atoms with van der Waals surface area (Å²) in [6, 6.07) is -0.722. The van der Waals surface area contributed by atoms with E-state index in [4.69, 9.17) is 4.74 Å². The second kappa shape index (κ2) is 43.4. The van der Waals surface area contributed by atoms with Crippen molar-refractivity contribution in [2.45, 2.75) is 225 Å². The lowest BCUT2D eigenvalue weighted by atomic mass is 10.0. The lowest BCUT2D eigenvalue weighted by molar-refractivity contribution is -0.151. The highest BCUT2D eigenvalue weighted by Gasteiger charge is 2.24. The molecule has 0 aromatic rings. The Hall–Kier alpha value is -2.70. The SMILES string of the molecule is CC/C=C/C=C/C=C\C=C/C=C/CCCC(=O)OC(CCCCC/C=C\CCCCC)CC(=O)NC(CO)C(O)CCCCCCCCCCCCCCCC. The van der Waals surface area contributed by atoms with Crippen LogP contribution in [0.15, 0.2) is 72.9 Å². The highest BCUT2D eigenvalue weighted by atomic mass is 16.5. The van der Waals surface area contributed by atoms with E-state index in [1.54, 1.807) is 0 Å². The molecule has 3 unspecified atom stereocenters. The minimum absolute atomic E-state index is 0.0352. The van der Waals surface area contributed by atoms with E-state index in [0.717, 1.165) is 64.2 Å². The topological polar surface area (TPSA) is 95.9 Å². The first-order valence-corrected chi connectivity index (χ1v) is 23.2. The van der Waals surface area contributed by atoms with E-state index in [0.29, 0.717) is 25.7 Å². The van der Waals surface area contributed by atoms with Crippen molar-refractivity contribution in [2.75, 3.05) is 6.61 Å². The maximum absolute atomic E-state index is 13.1. The van der Waals surface area contributed by atoms with Gasteiger partial charge in [-0.15, -0.1) is 0 Å². The highest BCUT2D eigenvalue weighted by Crippen LogP contribution is 2.17. The van der Waals surface area contributed by atoms with Crippen LogP contribution in [-0.4, -0.2) is 46.9 Å². The number of aliphatic hydroxyl groups is 2. The first-order chi connectivity index (χ1) is 27.5. The molecule has 0 heterocycles. The Morgan fingerprint density at radius 2 is 0.982 bits per heavy atom. The maximum atomic E-state index is 13.1. The van der Waals surface area contributed by atoms with E-state index in [2.05, 4.69) is 44.3 Å². The van der Waals surface area contributed by atoms with Crippen LogP contribution in [0.4, 0.5) is 0 Å². The summed E-state index contributed by atoms with van der Waals surface area (Å²) in [6.07, 6.45) is 53.9. The van der Waals surface area contributed by atoms with Gasteiger partial charge >= 0.3 is 5.97 Å². The molecule has 0 saturated heterocycles. The summed E-state index contributed by atoms with van der Waals surface area (Å²) in [5, 5.41) is 23.6. The van der Waals surface area contributed by atoms with E-state index in [1.807, 2.05) is 54.7 Å². The number of hydrogen-bond acceptors (Lipinski definition) is 5. The number of hydrogen-bond donors (Lipinski definition) is 3. The molecule has 0 fully saturated rings. The Labute approximate surface area is 345 Å². The molecule has 0 aliphatic rings. The number of allylic oxidation sites excluding steroid dienone is 12. The molecule has 0 aliphatic carbocycles. The summed E-state index contributed by atoms with van der Waals surface area (Å²) in [5.74, 6) is -0.585. The van der Waals surface area contributed by atoms with Gasteiger partial charge in [0.25, 0.3) is 0 Å². The van der Waals surface area contributed by atoms with Crippen molar-refractivity contribution in [1.82, 2.24) is 5.32 Å². The number of aliphatic hydroxyl groups excluding tert-OH is 2. The molecule has 6 nitrogen and oxygen atoms in total. The van der Waals surface area contributed by atoms with Gasteiger partial charge in [-0.1, -0.05) is 203 Å². The Morgan fingerprint density at radius 1 is 0.536 bits per heavy atom. The summed E-state index contributed by atoms with van der Waals surface area (Å²) in [6.45, 7) is 6.27. The van der Waals surface area contributed by atoms with Gasteiger partial charge in [-0.25, -0.2) is 0 Å². The number of amides is 1. The van der Waals surface area contributed by atoms with E-state index >= 15 is 0 Å². The van der Waals surface area contributed by atoms with Gasteiger partial charge in [0, 0.05) is 6.42 Å². The number of rotatable bonds is 40. The zero-order valence-corrected chi connectivity index (χ0v) is 36.5. The summed E-state index contributed by atoms with van der Waals surface area (Å²) >= 11 is 0. The smallest absolute Gasteiger partial charge is 0.306 e. The van der Waals surface area contributed by atoms with Crippen molar-refractivity contribution >= 4 is 11.9 Å². The number of unbranched alkanes of at least 4 members (excludes halogenated alkanes) is 20. The molecule has 6 heteroatoms. The van der Waals surface area contributed by atoms with Crippen LogP contribution in [-0.2, 0) is 14.3 Å². The molecule has 0 aliphatic heterocycles. The van der Waals surface area contributed by atoms with Gasteiger partial charge in [0.1, 0.15) is 6.10 Å². The molecule has 3 atom stereocenters. The number of nitrogens with one attached hydrogen (secondary N) is 1. The predicted octanol–water partition coefficient (Wildman–Crippen LogP) is 13.4. The van der Waals surface area contributed by atoms with Gasteiger partial charge < -0.3 is 20.3 Å². The fraction of sp³-hybridized carbons (Fsp3) is 0.720. The van der Waals surface area contributed by atoms with Gasteiger partial charge in [0.2, 0.25) is 5.91 Å². The van der Waals surface area contributed by atoms with E-state index < -0.39 is 18.2 Å². The van der Waals surface area contributed by atoms with Crippen molar-refractivity contribution in [3.8, 4) is 0 Å². The van der Waals surface area contributed by atoms with E-state index in [9.17, 15) is 19.8 Å². The van der Waals surface area contributed by atoms with Crippen LogP contribution in [0.5, 0.6) is 0 Å². The molecule has 56 heavy (non-hydrogen) atoms. The monoisotopic (exact) mass is 782 g/mol. The molecule has 0 radical (unpaired) electrons. The van der Waals surface area contributed by atoms with Crippen molar-refractivity contribution in [3.05, 3.63) is 72.9 Å². The number of carbonyl (C=O) groups excluding carboxylic acids is 2. The van der Waals surface area contributed by atoms with Crippen LogP contribution < -0.4 is 5.32 Å². The molecule has 0 bridgehead atoms. The Bertz CT molecular complexity index is 1060. The fourth-order valence-corrected chi connectivity index (χ4v) is 6.63. The van der Waals surface area contributed by atoms with Gasteiger partial charge in [-0.3, -0.25) is 9.59 Å². The Balaban J connectivity index is 4.66. The molecule has 0 aromatic heterocycles. The molecule has 0 rings (SSSR count). The molecule has 0 aromatic carbocycles. The standard InChI is InChI=1S/C50H87NO5/c1-4-7-10-13-16-19-22-24-26-27-30-33-36-39-42-48(53)47(45-52)51-49(54)44-46(41-38-35-32-29-21-18-15-12-9-6-3)56-50(55)43-40-37-34-31-28-25-23-20-17-14-11-8-5-2/h8,11,14,17-18,20-21,23,25,28,31,34,46-48,52-53H,4-7,9-10,12-13,15-16,19,22,24,26-27,29-30,32-33,35-45H2,1-3H3,(H,51,54)/b11-8+,17-14+,21-18-,23-20-,28-25-,34-31+. The van der Waals surface area contributed by atoms with Crippen LogP contribution in [0.25, 0.3) is 0 Å². The molecule has 1 amide bonds. The second-order valence-corrected chi connectivity index (χ2v) is 15.5. The highest BCUT2D eigenvalue weighted by molar-refractivity contribution is 5.77. The first kappa shape index (κ1) is 53.3. The largest absolute Gasteiger partial charge is 0.462 e. The summed E-state index contributed by atoms with van der Waals surface area (Å²) in [5.41, 5.74) is 0. The Morgan fingerprint density at radius 3 is 1.54 bits per heavy atom. The number of esters is 1. The zero-order chi connectivity index (χ0) is 41.0. The van der Waals surface area contributed by atoms with Crippen molar-refractivity contribution in [3.63, 3.8) is 0 Å². The van der Waals surface area contributed by atoms with Gasteiger partial charge in [0.05, 0.1) is 25.2 Å². The van der Waals surface area contributed by atoms with Gasteiger partial charge in [0.15, 0.2) is 0 Å². The summed E-state index contributed by atoms with van der Waals surface area (Å²) in [4.78, 5) is 25.9. The third-order valence-corrected chi connectivity index (χ3v) is 10.1. The minimum atomic E-state index is -0.805. The predicted molar refractivity (Wildman–Crippen MR) is 241 cm³/mol. The van der Waals surface area contributed by atoms with Crippen LogP contribution >= 0.6 is 0 Å². The van der Waals surface area contributed by atoms with Crippen molar-refractivity contribution in [2.24, 2.45) is 0 Å². The van der Waals surface area contributed by atoms with Crippen LogP contribution in [0.2, 0.25) is 0 Å². The molecule has 0 saturated carbocycles.